The number of hydrogen-bond donors (Lipinski definition) is 1. The third-order valence-electron chi connectivity index (χ3n) is 3.82. The second-order valence-corrected chi connectivity index (χ2v) is 7.95. The van der Waals surface area contributed by atoms with Gasteiger partial charge in [0.25, 0.3) is 0 Å². The predicted molar refractivity (Wildman–Crippen MR) is 99.2 cm³/mol. The van der Waals surface area contributed by atoms with Gasteiger partial charge >= 0.3 is 5.97 Å². The molecule has 0 aliphatic rings. The zero-order chi connectivity index (χ0) is 17.9. The number of esters is 1. The maximum Gasteiger partial charge on any atom is 0.341 e. The SMILES string of the molecule is COC(=O)c1c(NC(=O)CN(C)Cc2sccc2C)sc(C)c1C. The van der Waals surface area contributed by atoms with Gasteiger partial charge in [0.15, 0.2) is 0 Å². The average molecular weight is 367 g/mol. The molecule has 2 aromatic rings. The van der Waals surface area contributed by atoms with Crippen LogP contribution in [0, 0.1) is 20.8 Å². The molecule has 130 valence electrons. The van der Waals surface area contributed by atoms with E-state index in [1.165, 1.54) is 28.9 Å². The summed E-state index contributed by atoms with van der Waals surface area (Å²) in [6.07, 6.45) is 0. The highest BCUT2D eigenvalue weighted by Gasteiger charge is 2.22. The Kier molecular flexibility index (Phi) is 6.15. The van der Waals surface area contributed by atoms with Crippen LogP contribution in [-0.2, 0) is 16.1 Å². The second-order valence-electron chi connectivity index (χ2n) is 5.73. The zero-order valence-corrected chi connectivity index (χ0v) is 16.2. The van der Waals surface area contributed by atoms with Crippen LogP contribution < -0.4 is 5.32 Å². The molecule has 2 heterocycles. The summed E-state index contributed by atoms with van der Waals surface area (Å²) in [5.74, 6) is -0.562. The van der Waals surface area contributed by atoms with Gasteiger partial charge in [-0.1, -0.05) is 0 Å². The molecule has 0 unspecified atom stereocenters. The molecule has 0 aliphatic carbocycles. The van der Waals surface area contributed by atoms with Gasteiger partial charge in [-0.05, 0) is 50.4 Å². The van der Waals surface area contributed by atoms with Gasteiger partial charge < -0.3 is 10.1 Å². The highest BCUT2D eigenvalue weighted by atomic mass is 32.1. The Morgan fingerprint density at radius 3 is 2.58 bits per heavy atom. The van der Waals surface area contributed by atoms with Gasteiger partial charge in [-0.3, -0.25) is 9.69 Å². The summed E-state index contributed by atoms with van der Waals surface area (Å²) < 4.78 is 4.82. The molecule has 2 aromatic heterocycles. The number of ether oxygens (including phenoxy) is 1. The van der Waals surface area contributed by atoms with E-state index in [9.17, 15) is 9.59 Å². The predicted octanol–water partition coefficient (Wildman–Crippen LogP) is 3.59. The van der Waals surface area contributed by atoms with Gasteiger partial charge in [-0.25, -0.2) is 4.79 Å². The Morgan fingerprint density at radius 2 is 2.00 bits per heavy atom. The van der Waals surface area contributed by atoms with Crippen molar-refractivity contribution in [2.45, 2.75) is 27.3 Å². The van der Waals surface area contributed by atoms with Crippen molar-refractivity contribution in [3.05, 3.63) is 37.9 Å². The van der Waals surface area contributed by atoms with E-state index in [-0.39, 0.29) is 12.5 Å². The van der Waals surface area contributed by atoms with E-state index >= 15 is 0 Å². The molecular formula is C17H22N2O3S2. The Labute approximate surface area is 150 Å². The van der Waals surface area contributed by atoms with Crippen LogP contribution in [0.3, 0.4) is 0 Å². The maximum atomic E-state index is 12.3. The summed E-state index contributed by atoms with van der Waals surface area (Å²) in [6, 6.07) is 2.08. The normalized spacial score (nSPS) is 10.9. The van der Waals surface area contributed by atoms with E-state index in [1.54, 1.807) is 11.3 Å². The quantitative estimate of drug-likeness (QED) is 0.794. The molecule has 1 N–H and O–H groups in total. The summed E-state index contributed by atoms with van der Waals surface area (Å²) in [7, 11) is 3.25. The van der Waals surface area contributed by atoms with Gasteiger partial charge in [-0.2, -0.15) is 0 Å². The Balaban J connectivity index is 2.03. The van der Waals surface area contributed by atoms with Gasteiger partial charge in [0.1, 0.15) is 5.00 Å². The van der Waals surface area contributed by atoms with Crippen LogP contribution in [0.2, 0.25) is 0 Å². The second kappa shape index (κ2) is 7.92. The lowest BCUT2D eigenvalue weighted by atomic mass is 10.1. The van der Waals surface area contributed by atoms with E-state index in [2.05, 4.69) is 23.7 Å². The Bertz CT molecular complexity index is 749. The monoisotopic (exact) mass is 366 g/mol. The lowest BCUT2D eigenvalue weighted by molar-refractivity contribution is -0.117. The first-order chi connectivity index (χ1) is 11.3. The molecule has 0 bridgehead atoms. The van der Waals surface area contributed by atoms with Crippen LogP contribution in [0.4, 0.5) is 5.00 Å². The Morgan fingerprint density at radius 1 is 1.29 bits per heavy atom. The number of methoxy groups -OCH3 is 1. The first-order valence-corrected chi connectivity index (χ1v) is 9.22. The summed E-state index contributed by atoms with van der Waals surface area (Å²) in [5, 5.41) is 5.46. The molecule has 0 spiro atoms. The maximum absolute atomic E-state index is 12.3. The molecular weight excluding hydrogens is 344 g/mol. The standard InChI is InChI=1S/C17H22N2O3S2/c1-10-6-7-23-13(10)8-19(4)9-14(20)18-16-15(17(21)22-5)11(2)12(3)24-16/h6-7H,8-9H2,1-5H3,(H,18,20). The minimum Gasteiger partial charge on any atom is -0.465 e. The lowest BCUT2D eigenvalue weighted by Crippen LogP contribution is -2.30. The van der Waals surface area contributed by atoms with E-state index in [0.717, 1.165) is 17.0 Å². The van der Waals surface area contributed by atoms with Gasteiger partial charge in [-0.15, -0.1) is 22.7 Å². The fraction of sp³-hybridized carbons (Fsp3) is 0.412. The van der Waals surface area contributed by atoms with Crippen LogP contribution in [0.5, 0.6) is 0 Å². The van der Waals surface area contributed by atoms with Crippen LogP contribution in [0.15, 0.2) is 11.4 Å². The summed E-state index contributed by atoms with van der Waals surface area (Å²) in [4.78, 5) is 28.5. The van der Waals surface area contributed by atoms with Crippen LogP contribution in [0.25, 0.3) is 0 Å². The van der Waals surface area contributed by atoms with Crippen molar-refractivity contribution in [3.8, 4) is 0 Å². The minimum absolute atomic E-state index is 0.141. The number of carbonyl (C=O) groups excluding carboxylic acids is 2. The molecule has 2 rings (SSSR count). The van der Waals surface area contributed by atoms with Gasteiger partial charge in [0, 0.05) is 16.3 Å². The number of hydrogen-bond acceptors (Lipinski definition) is 6. The number of rotatable bonds is 6. The van der Waals surface area contributed by atoms with Crippen molar-refractivity contribution in [3.63, 3.8) is 0 Å². The molecule has 0 radical (unpaired) electrons. The first-order valence-electron chi connectivity index (χ1n) is 7.53. The molecule has 0 saturated carbocycles. The van der Waals surface area contributed by atoms with Gasteiger partial charge in [0.05, 0.1) is 19.2 Å². The van der Waals surface area contributed by atoms with Crippen molar-refractivity contribution in [1.29, 1.82) is 0 Å². The van der Waals surface area contributed by atoms with E-state index in [4.69, 9.17) is 4.74 Å². The fourth-order valence-electron chi connectivity index (χ4n) is 2.34. The largest absolute Gasteiger partial charge is 0.465 e. The van der Waals surface area contributed by atoms with Crippen molar-refractivity contribution in [2.75, 3.05) is 26.0 Å². The molecule has 0 atom stereocenters. The van der Waals surface area contributed by atoms with Crippen molar-refractivity contribution in [1.82, 2.24) is 4.90 Å². The molecule has 1 amide bonds. The Hall–Kier alpha value is -1.70. The van der Waals surface area contributed by atoms with Crippen molar-refractivity contribution >= 4 is 39.6 Å². The summed E-state index contributed by atoms with van der Waals surface area (Å²) >= 11 is 3.09. The number of carbonyl (C=O) groups is 2. The van der Waals surface area contributed by atoms with Crippen molar-refractivity contribution < 1.29 is 14.3 Å². The third kappa shape index (κ3) is 4.23. The number of aryl methyl sites for hydroxylation is 2. The van der Waals surface area contributed by atoms with E-state index in [0.29, 0.717) is 10.6 Å². The fourth-order valence-corrected chi connectivity index (χ4v) is 4.39. The highest BCUT2D eigenvalue weighted by Crippen LogP contribution is 2.32. The van der Waals surface area contributed by atoms with Gasteiger partial charge in [0.2, 0.25) is 5.91 Å². The molecule has 0 aliphatic heterocycles. The smallest absolute Gasteiger partial charge is 0.341 e. The number of anilines is 1. The van der Waals surface area contributed by atoms with E-state index in [1.807, 2.05) is 25.8 Å². The molecule has 24 heavy (non-hydrogen) atoms. The van der Waals surface area contributed by atoms with E-state index < -0.39 is 5.97 Å². The van der Waals surface area contributed by atoms with Crippen LogP contribution >= 0.6 is 22.7 Å². The number of thiophene rings is 2. The number of nitrogens with one attached hydrogen (secondary N) is 1. The number of likely N-dealkylation sites (N-methyl/N-ethyl adjacent to an activating group) is 1. The molecule has 0 saturated heterocycles. The first kappa shape index (κ1) is 18.6. The topological polar surface area (TPSA) is 58.6 Å². The molecule has 5 nitrogen and oxygen atoms in total. The number of nitrogens with zero attached hydrogens (tertiary/aromatic N) is 1. The van der Waals surface area contributed by atoms with Crippen LogP contribution in [-0.4, -0.2) is 37.5 Å². The summed E-state index contributed by atoms with van der Waals surface area (Å²) in [6.45, 7) is 6.84. The average Bonchev–Trinajstić information content (AvgIpc) is 3.02. The lowest BCUT2D eigenvalue weighted by Gasteiger charge is -2.16. The minimum atomic E-state index is -0.422. The number of amides is 1. The highest BCUT2D eigenvalue weighted by molar-refractivity contribution is 7.16. The molecule has 0 fully saturated rings. The zero-order valence-electron chi connectivity index (χ0n) is 14.6. The van der Waals surface area contributed by atoms with Crippen molar-refractivity contribution in [2.24, 2.45) is 0 Å². The molecule has 0 aromatic carbocycles. The van der Waals surface area contributed by atoms with Crippen LogP contribution in [0.1, 0.15) is 31.2 Å². The summed E-state index contributed by atoms with van der Waals surface area (Å²) in [5.41, 5.74) is 2.54. The molecule has 7 heteroatoms. The third-order valence-corrected chi connectivity index (χ3v) is 5.95.